The van der Waals surface area contributed by atoms with Crippen molar-refractivity contribution in [1.29, 1.82) is 0 Å². The van der Waals surface area contributed by atoms with E-state index in [2.05, 4.69) is 10.3 Å². The molecule has 1 N–H and O–H groups in total. The van der Waals surface area contributed by atoms with Crippen LogP contribution in [-0.2, 0) is 0 Å². The normalized spacial score (nSPS) is 10.4. The van der Waals surface area contributed by atoms with Gasteiger partial charge < -0.3 is 15.0 Å². The summed E-state index contributed by atoms with van der Waals surface area (Å²) in [7, 11) is 5.03. The lowest BCUT2D eigenvalue weighted by Crippen LogP contribution is -2.16. The number of ether oxygens (including phenoxy) is 1. The molecule has 0 fully saturated rings. The maximum absolute atomic E-state index is 12.5. The minimum absolute atomic E-state index is 0.0506. The van der Waals surface area contributed by atoms with E-state index >= 15 is 0 Å². The molecule has 28 heavy (non-hydrogen) atoms. The molecule has 3 aromatic rings. The van der Waals surface area contributed by atoms with Gasteiger partial charge >= 0.3 is 0 Å². The van der Waals surface area contributed by atoms with Crippen molar-refractivity contribution in [3.8, 4) is 16.3 Å². The predicted molar refractivity (Wildman–Crippen MR) is 113 cm³/mol. The average Bonchev–Trinajstić information content (AvgIpc) is 3.20. The second kappa shape index (κ2) is 8.90. The monoisotopic (exact) mass is 413 g/mol. The summed E-state index contributed by atoms with van der Waals surface area (Å²) in [5, 5.41) is 5.27. The molecule has 8 heteroatoms. The Morgan fingerprint density at radius 1 is 1.07 bits per heavy atom. The number of nitrogens with zero attached hydrogens (tertiary/aromatic N) is 2. The van der Waals surface area contributed by atoms with Crippen molar-refractivity contribution < 1.29 is 14.3 Å². The molecule has 144 valence electrons. The second-order valence-corrected chi connectivity index (χ2v) is 7.89. The van der Waals surface area contributed by atoms with E-state index in [1.54, 1.807) is 50.9 Å². The number of hydrogen-bond acceptors (Lipinski definition) is 6. The summed E-state index contributed by atoms with van der Waals surface area (Å²) in [5.41, 5.74) is 1.93. The van der Waals surface area contributed by atoms with Crippen LogP contribution in [0.15, 0.2) is 58.8 Å². The van der Waals surface area contributed by atoms with Crippen molar-refractivity contribution in [3.05, 3.63) is 59.6 Å². The number of carbonyl (C=O) groups is 2. The van der Waals surface area contributed by atoms with E-state index in [1.807, 2.05) is 24.3 Å². The number of amides is 2. The van der Waals surface area contributed by atoms with Crippen molar-refractivity contribution in [2.24, 2.45) is 0 Å². The Balaban J connectivity index is 1.65. The van der Waals surface area contributed by atoms with E-state index in [9.17, 15) is 9.59 Å². The van der Waals surface area contributed by atoms with Gasteiger partial charge in [-0.15, -0.1) is 11.3 Å². The lowest BCUT2D eigenvalue weighted by molar-refractivity contribution is 0.102. The third-order valence-electron chi connectivity index (χ3n) is 3.76. The van der Waals surface area contributed by atoms with Crippen LogP contribution in [0.2, 0.25) is 0 Å². The zero-order chi connectivity index (χ0) is 20.1. The fourth-order valence-electron chi connectivity index (χ4n) is 2.24. The predicted octanol–water partition coefficient (Wildman–Crippen LogP) is 4.84. The van der Waals surface area contributed by atoms with Gasteiger partial charge in [0.1, 0.15) is 16.5 Å². The van der Waals surface area contributed by atoms with Crippen molar-refractivity contribution >= 4 is 39.9 Å². The highest BCUT2D eigenvalue weighted by Gasteiger charge is 2.13. The van der Waals surface area contributed by atoms with E-state index in [0.29, 0.717) is 11.4 Å². The molecular formula is C20H19N3O3S2. The van der Waals surface area contributed by atoms with Crippen LogP contribution in [0.1, 0.15) is 10.5 Å². The Labute approximate surface area is 171 Å². The number of thiazole rings is 1. The van der Waals surface area contributed by atoms with Crippen LogP contribution >= 0.6 is 23.1 Å². The zero-order valence-corrected chi connectivity index (χ0v) is 17.3. The SMILES string of the molecule is COc1ccc(-c2nc(C(=O)Nc3ccc(SC(=O)N(C)C)cc3)cs2)cc1. The summed E-state index contributed by atoms with van der Waals surface area (Å²) in [6.07, 6.45) is 0. The number of aromatic nitrogens is 1. The average molecular weight is 414 g/mol. The Bertz CT molecular complexity index is 967. The molecule has 6 nitrogen and oxygen atoms in total. The van der Waals surface area contributed by atoms with E-state index in [4.69, 9.17) is 4.74 Å². The molecule has 0 radical (unpaired) electrons. The Hall–Kier alpha value is -2.84. The second-order valence-electron chi connectivity index (χ2n) is 6.01. The Morgan fingerprint density at radius 2 is 1.75 bits per heavy atom. The molecule has 0 aliphatic rings. The molecule has 0 spiro atoms. The summed E-state index contributed by atoms with van der Waals surface area (Å²) in [4.78, 5) is 30.9. The molecule has 1 heterocycles. The highest BCUT2D eigenvalue weighted by Crippen LogP contribution is 2.26. The molecule has 2 aromatic carbocycles. The van der Waals surface area contributed by atoms with Gasteiger partial charge in [0.15, 0.2) is 0 Å². The first-order chi connectivity index (χ1) is 13.5. The number of thioether (sulfide) groups is 1. The molecule has 3 rings (SSSR count). The lowest BCUT2D eigenvalue weighted by Gasteiger charge is -2.09. The Morgan fingerprint density at radius 3 is 2.36 bits per heavy atom. The first kappa shape index (κ1) is 19.9. The topological polar surface area (TPSA) is 71.5 Å². The molecule has 2 amide bonds. The van der Waals surface area contributed by atoms with E-state index < -0.39 is 0 Å². The minimum atomic E-state index is -0.277. The quantitative estimate of drug-likeness (QED) is 0.606. The van der Waals surface area contributed by atoms with Crippen molar-refractivity contribution in [3.63, 3.8) is 0 Å². The van der Waals surface area contributed by atoms with Crippen LogP contribution in [0.5, 0.6) is 5.75 Å². The van der Waals surface area contributed by atoms with Gasteiger partial charge in [-0.2, -0.15) is 0 Å². The maximum Gasteiger partial charge on any atom is 0.285 e. The highest BCUT2D eigenvalue weighted by molar-refractivity contribution is 8.13. The number of benzene rings is 2. The number of methoxy groups -OCH3 is 1. The summed E-state index contributed by atoms with van der Waals surface area (Å²) in [5.74, 6) is 0.493. The third kappa shape index (κ3) is 4.90. The van der Waals surface area contributed by atoms with Gasteiger partial charge in [0.25, 0.3) is 11.1 Å². The number of hydrogen-bond donors (Lipinski definition) is 1. The van der Waals surface area contributed by atoms with Crippen LogP contribution in [0, 0.1) is 0 Å². The molecule has 0 atom stereocenters. The molecule has 0 saturated heterocycles. The van der Waals surface area contributed by atoms with Crippen LogP contribution in [0.3, 0.4) is 0 Å². The van der Waals surface area contributed by atoms with Crippen LogP contribution in [0.4, 0.5) is 10.5 Å². The summed E-state index contributed by atoms with van der Waals surface area (Å²) in [6.45, 7) is 0. The number of anilines is 1. The van der Waals surface area contributed by atoms with Crippen LogP contribution in [0.25, 0.3) is 10.6 Å². The van der Waals surface area contributed by atoms with Crippen LogP contribution < -0.4 is 10.1 Å². The largest absolute Gasteiger partial charge is 0.497 e. The molecule has 0 bridgehead atoms. The highest BCUT2D eigenvalue weighted by atomic mass is 32.2. The van der Waals surface area contributed by atoms with Gasteiger partial charge in [-0.1, -0.05) is 0 Å². The molecular weight excluding hydrogens is 394 g/mol. The first-order valence-electron chi connectivity index (χ1n) is 8.37. The lowest BCUT2D eigenvalue weighted by atomic mass is 10.2. The van der Waals surface area contributed by atoms with Gasteiger partial charge in [-0.05, 0) is 60.3 Å². The fourth-order valence-corrected chi connectivity index (χ4v) is 3.70. The number of nitrogens with one attached hydrogen (secondary N) is 1. The minimum Gasteiger partial charge on any atom is -0.497 e. The molecule has 0 aliphatic carbocycles. The first-order valence-corrected chi connectivity index (χ1v) is 10.1. The zero-order valence-electron chi connectivity index (χ0n) is 15.6. The van der Waals surface area contributed by atoms with Crippen molar-refractivity contribution in [1.82, 2.24) is 9.88 Å². The maximum atomic E-state index is 12.5. The van der Waals surface area contributed by atoms with Gasteiger partial charge in [-0.3, -0.25) is 9.59 Å². The molecule has 0 saturated carbocycles. The smallest absolute Gasteiger partial charge is 0.285 e. The molecule has 0 unspecified atom stereocenters. The fraction of sp³-hybridized carbons (Fsp3) is 0.150. The van der Waals surface area contributed by atoms with Crippen LogP contribution in [-0.4, -0.2) is 42.2 Å². The van der Waals surface area contributed by atoms with Gasteiger partial charge in [0.2, 0.25) is 0 Å². The van der Waals surface area contributed by atoms with E-state index in [-0.39, 0.29) is 11.1 Å². The van der Waals surface area contributed by atoms with Gasteiger partial charge in [0, 0.05) is 35.6 Å². The summed E-state index contributed by atoms with van der Waals surface area (Å²) >= 11 is 2.54. The summed E-state index contributed by atoms with van der Waals surface area (Å²) < 4.78 is 5.15. The Kier molecular flexibility index (Phi) is 6.33. The standard InChI is InChI=1S/C20H19N3O3S2/c1-23(2)20(25)28-16-10-6-14(7-11-16)21-18(24)17-12-27-19(22-17)13-4-8-15(26-3)9-5-13/h4-12H,1-3H3,(H,21,24). The summed E-state index contributed by atoms with van der Waals surface area (Å²) in [6, 6.07) is 14.7. The van der Waals surface area contributed by atoms with Gasteiger partial charge in [-0.25, -0.2) is 4.98 Å². The number of carbonyl (C=O) groups excluding carboxylic acids is 2. The van der Waals surface area contributed by atoms with E-state index in [1.165, 1.54) is 16.2 Å². The third-order valence-corrected chi connectivity index (χ3v) is 5.70. The molecule has 0 aliphatic heterocycles. The van der Waals surface area contributed by atoms with Crippen molar-refractivity contribution in [2.45, 2.75) is 4.90 Å². The van der Waals surface area contributed by atoms with Gasteiger partial charge in [0.05, 0.1) is 7.11 Å². The van der Waals surface area contributed by atoms with E-state index in [0.717, 1.165) is 33.0 Å². The van der Waals surface area contributed by atoms with Crippen molar-refractivity contribution in [2.75, 3.05) is 26.5 Å². The molecule has 1 aromatic heterocycles. The number of rotatable bonds is 5.